The summed E-state index contributed by atoms with van der Waals surface area (Å²) >= 11 is 0. The van der Waals surface area contributed by atoms with Crippen molar-refractivity contribution in [3.05, 3.63) is 45.1 Å². The molecule has 1 amide bonds. The summed E-state index contributed by atoms with van der Waals surface area (Å²) in [5, 5.41) is 6.70. The average molecular weight is 330 g/mol. The fourth-order valence-electron chi connectivity index (χ4n) is 3.12. The molecule has 2 aromatic rings. The van der Waals surface area contributed by atoms with E-state index in [9.17, 15) is 14.4 Å². The summed E-state index contributed by atoms with van der Waals surface area (Å²) in [5.74, 6) is 0.391. The van der Waals surface area contributed by atoms with Gasteiger partial charge in [0.15, 0.2) is 0 Å². The van der Waals surface area contributed by atoms with Gasteiger partial charge in [-0.2, -0.15) is 0 Å². The summed E-state index contributed by atoms with van der Waals surface area (Å²) in [6, 6.07) is 6.91. The third-order valence-electron chi connectivity index (χ3n) is 4.45. The summed E-state index contributed by atoms with van der Waals surface area (Å²) in [4.78, 5) is 38.2. The third-order valence-corrected chi connectivity index (χ3v) is 4.45. The molecular formula is C17H22N4O3. The Balaban J connectivity index is 1.64. The maximum atomic E-state index is 12.1. The van der Waals surface area contributed by atoms with Crippen LogP contribution in [0.25, 0.3) is 10.9 Å². The minimum Gasteiger partial charge on any atom is -0.356 e. The van der Waals surface area contributed by atoms with Crippen molar-refractivity contribution in [1.29, 1.82) is 0 Å². The Morgan fingerprint density at radius 1 is 1.29 bits per heavy atom. The van der Waals surface area contributed by atoms with Gasteiger partial charge in [-0.05, 0) is 44.0 Å². The van der Waals surface area contributed by atoms with E-state index < -0.39 is 11.2 Å². The lowest BCUT2D eigenvalue weighted by Gasteiger charge is -2.22. The highest BCUT2D eigenvalue weighted by molar-refractivity contribution is 5.78. The molecule has 1 aromatic carbocycles. The van der Waals surface area contributed by atoms with E-state index in [-0.39, 0.29) is 18.9 Å². The fraction of sp³-hybridized carbons (Fsp3) is 0.471. The van der Waals surface area contributed by atoms with Gasteiger partial charge in [-0.25, -0.2) is 4.79 Å². The van der Waals surface area contributed by atoms with E-state index in [0.717, 1.165) is 25.9 Å². The zero-order valence-corrected chi connectivity index (χ0v) is 13.5. The number of hydrogen-bond donors (Lipinski definition) is 3. The number of aromatic nitrogens is 2. The van der Waals surface area contributed by atoms with Gasteiger partial charge in [0.2, 0.25) is 5.91 Å². The molecular weight excluding hydrogens is 308 g/mol. The number of H-pyrrole nitrogens is 1. The first-order chi connectivity index (χ1) is 11.6. The molecule has 0 saturated carbocycles. The van der Waals surface area contributed by atoms with Crippen molar-refractivity contribution >= 4 is 16.8 Å². The zero-order valence-electron chi connectivity index (χ0n) is 13.5. The molecule has 0 bridgehead atoms. The Kier molecular flexibility index (Phi) is 5.10. The molecule has 1 atom stereocenters. The number of nitrogens with zero attached hydrogens (tertiary/aromatic N) is 1. The van der Waals surface area contributed by atoms with Crippen LogP contribution in [0.15, 0.2) is 33.9 Å². The molecule has 24 heavy (non-hydrogen) atoms. The molecule has 1 aliphatic rings. The minimum atomic E-state index is -0.483. The SMILES string of the molecule is O=C(CCn1c(=O)[nH]c(=O)c2ccccc21)NCC1CCCNC1. The van der Waals surface area contributed by atoms with Crippen molar-refractivity contribution in [1.82, 2.24) is 20.2 Å². The van der Waals surface area contributed by atoms with Crippen LogP contribution < -0.4 is 21.9 Å². The highest BCUT2D eigenvalue weighted by atomic mass is 16.2. The van der Waals surface area contributed by atoms with Crippen LogP contribution in [-0.4, -0.2) is 35.1 Å². The standard InChI is InChI=1S/C17H22N4O3/c22-15(19-11-12-4-3-8-18-10-12)7-9-21-14-6-2-1-5-13(14)16(23)20-17(21)24/h1-2,5-6,12,18H,3-4,7-11H2,(H,19,22)(H,20,23,24). The summed E-state index contributed by atoms with van der Waals surface area (Å²) in [7, 11) is 0. The van der Waals surface area contributed by atoms with Crippen molar-refractivity contribution < 1.29 is 4.79 Å². The van der Waals surface area contributed by atoms with Crippen molar-refractivity contribution in [3.8, 4) is 0 Å². The highest BCUT2D eigenvalue weighted by Crippen LogP contribution is 2.09. The second-order valence-electron chi connectivity index (χ2n) is 6.19. The van der Waals surface area contributed by atoms with E-state index in [2.05, 4.69) is 15.6 Å². The van der Waals surface area contributed by atoms with Gasteiger partial charge >= 0.3 is 5.69 Å². The lowest BCUT2D eigenvalue weighted by molar-refractivity contribution is -0.121. The molecule has 7 nitrogen and oxygen atoms in total. The lowest BCUT2D eigenvalue weighted by Crippen LogP contribution is -2.38. The number of para-hydroxylation sites is 1. The second kappa shape index (κ2) is 7.44. The molecule has 128 valence electrons. The molecule has 1 aliphatic heterocycles. The molecule has 1 saturated heterocycles. The number of aryl methyl sites for hydroxylation is 1. The van der Waals surface area contributed by atoms with Crippen molar-refractivity contribution in [2.45, 2.75) is 25.8 Å². The summed E-state index contributed by atoms with van der Waals surface area (Å²) in [6.07, 6.45) is 2.46. The van der Waals surface area contributed by atoms with Crippen LogP contribution in [-0.2, 0) is 11.3 Å². The number of hydrogen-bond acceptors (Lipinski definition) is 4. The van der Waals surface area contributed by atoms with E-state index in [1.165, 1.54) is 4.57 Å². The number of carbonyl (C=O) groups excluding carboxylic acids is 1. The summed E-state index contributed by atoms with van der Waals surface area (Å²) in [6.45, 7) is 2.88. The van der Waals surface area contributed by atoms with E-state index in [1.807, 2.05) is 0 Å². The molecule has 0 spiro atoms. The first-order valence-electron chi connectivity index (χ1n) is 8.34. The van der Waals surface area contributed by atoms with Gasteiger partial charge in [-0.3, -0.25) is 19.1 Å². The molecule has 0 radical (unpaired) electrons. The van der Waals surface area contributed by atoms with Crippen LogP contribution in [0.5, 0.6) is 0 Å². The van der Waals surface area contributed by atoms with Crippen LogP contribution in [0.2, 0.25) is 0 Å². The quantitative estimate of drug-likeness (QED) is 0.729. The normalized spacial score (nSPS) is 17.8. The van der Waals surface area contributed by atoms with Gasteiger partial charge in [0, 0.05) is 19.5 Å². The van der Waals surface area contributed by atoms with Gasteiger partial charge in [-0.1, -0.05) is 12.1 Å². The van der Waals surface area contributed by atoms with E-state index in [4.69, 9.17) is 0 Å². The van der Waals surface area contributed by atoms with E-state index in [1.54, 1.807) is 24.3 Å². The first kappa shape index (κ1) is 16.4. The van der Waals surface area contributed by atoms with Crippen molar-refractivity contribution in [3.63, 3.8) is 0 Å². The van der Waals surface area contributed by atoms with E-state index in [0.29, 0.717) is 23.4 Å². The number of piperidine rings is 1. The predicted octanol–water partition coefficient (Wildman–Crippen LogP) is 0.196. The van der Waals surface area contributed by atoms with Crippen LogP contribution in [0.3, 0.4) is 0 Å². The first-order valence-corrected chi connectivity index (χ1v) is 8.34. The Morgan fingerprint density at radius 2 is 2.12 bits per heavy atom. The highest BCUT2D eigenvalue weighted by Gasteiger charge is 2.14. The fourth-order valence-corrected chi connectivity index (χ4v) is 3.12. The Hall–Kier alpha value is -2.41. The average Bonchev–Trinajstić information content (AvgIpc) is 2.60. The largest absolute Gasteiger partial charge is 0.356 e. The van der Waals surface area contributed by atoms with Crippen LogP contribution in [0, 0.1) is 5.92 Å². The zero-order chi connectivity index (χ0) is 16.9. The van der Waals surface area contributed by atoms with E-state index >= 15 is 0 Å². The van der Waals surface area contributed by atoms with Gasteiger partial charge in [0.1, 0.15) is 0 Å². The Labute approximate surface area is 139 Å². The lowest BCUT2D eigenvalue weighted by atomic mass is 10.00. The van der Waals surface area contributed by atoms with Gasteiger partial charge in [-0.15, -0.1) is 0 Å². The number of carbonyl (C=O) groups is 1. The molecule has 0 aliphatic carbocycles. The van der Waals surface area contributed by atoms with Gasteiger partial charge in [0.25, 0.3) is 5.56 Å². The topological polar surface area (TPSA) is 96.0 Å². The maximum Gasteiger partial charge on any atom is 0.328 e. The van der Waals surface area contributed by atoms with Crippen LogP contribution >= 0.6 is 0 Å². The van der Waals surface area contributed by atoms with Gasteiger partial charge in [0.05, 0.1) is 10.9 Å². The smallest absolute Gasteiger partial charge is 0.328 e. The second-order valence-corrected chi connectivity index (χ2v) is 6.19. The van der Waals surface area contributed by atoms with Gasteiger partial charge < -0.3 is 10.6 Å². The number of rotatable bonds is 5. The minimum absolute atomic E-state index is 0.0808. The number of amides is 1. The summed E-state index contributed by atoms with van der Waals surface area (Å²) in [5.41, 5.74) is -0.334. The molecule has 3 rings (SSSR count). The Bertz CT molecular complexity index is 834. The molecule has 1 aromatic heterocycles. The molecule has 3 N–H and O–H groups in total. The molecule has 7 heteroatoms. The number of nitrogens with one attached hydrogen (secondary N) is 3. The molecule has 2 heterocycles. The maximum absolute atomic E-state index is 12.1. The van der Waals surface area contributed by atoms with Crippen molar-refractivity contribution in [2.75, 3.05) is 19.6 Å². The molecule has 1 unspecified atom stereocenters. The third kappa shape index (κ3) is 3.73. The Morgan fingerprint density at radius 3 is 2.92 bits per heavy atom. The van der Waals surface area contributed by atoms with Crippen molar-refractivity contribution in [2.24, 2.45) is 5.92 Å². The van der Waals surface area contributed by atoms with Crippen LogP contribution in [0.1, 0.15) is 19.3 Å². The monoisotopic (exact) mass is 330 g/mol. The number of benzene rings is 1. The summed E-state index contributed by atoms with van der Waals surface area (Å²) < 4.78 is 1.44. The van der Waals surface area contributed by atoms with Crippen LogP contribution in [0.4, 0.5) is 0 Å². The number of aromatic amines is 1. The molecule has 1 fully saturated rings. The predicted molar refractivity (Wildman–Crippen MR) is 92.0 cm³/mol. The number of fused-ring (bicyclic) bond motifs is 1.